The van der Waals surface area contributed by atoms with Crippen LogP contribution in [0.1, 0.15) is 349 Å². The van der Waals surface area contributed by atoms with Crippen LogP contribution in [0.5, 0.6) is 0 Å². The molecule has 0 spiro atoms. The first-order valence-electron chi connectivity index (χ1n) is 35.6. The van der Waals surface area contributed by atoms with Crippen molar-refractivity contribution in [3.05, 3.63) is 0 Å². The molecule has 516 valence electrons. The molecule has 3 N–H and O–H groups in total. The van der Waals surface area contributed by atoms with Crippen LogP contribution < -0.4 is 0 Å². The van der Waals surface area contributed by atoms with Gasteiger partial charge in [0.05, 0.1) is 26.4 Å². The van der Waals surface area contributed by atoms with Gasteiger partial charge in [0, 0.05) is 25.7 Å². The van der Waals surface area contributed by atoms with Gasteiger partial charge in [-0.25, -0.2) is 9.13 Å². The average Bonchev–Trinajstić information content (AvgIpc) is 3.66. The van der Waals surface area contributed by atoms with E-state index in [0.29, 0.717) is 25.7 Å². The van der Waals surface area contributed by atoms with E-state index in [2.05, 4.69) is 34.6 Å². The minimum absolute atomic E-state index is 0.106. The molecule has 2 unspecified atom stereocenters. The molecule has 17 nitrogen and oxygen atoms in total. The van der Waals surface area contributed by atoms with Crippen molar-refractivity contribution in [2.24, 2.45) is 5.92 Å². The van der Waals surface area contributed by atoms with Crippen molar-refractivity contribution in [1.29, 1.82) is 0 Å². The van der Waals surface area contributed by atoms with E-state index in [-0.39, 0.29) is 25.7 Å². The van der Waals surface area contributed by atoms with E-state index in [0.717, 1.165) is 102 Å². The lowest BCUT2D eigenvalue weighted by Crippen LogP contribution is -2.30. The van der Waals surface area contributed by atoms with Crippen LogP contribution >= 0.6 is 15.6 Å². The maximum absolute atomic E-state index is 13.0. The van der Waals surface area contributed by atoms with Crippen molar-refractivity contribution >= 4 is 39.5 Å². The Morgan fingerprint density at radius 1 is 0.310 bits per heavy atom. The predicted octanol–water partition coefficient (Wildman–Crippen LogP) is 19.4. The largest absolute Gasteiger partial charge is 0.472 e. The molecule has 0 fully saturated rings. The Kier molecular flexibility index (Phi) is 60.2. The third-order valence-corrected chi connectivity index (χ3v) is 17.7. The van der Waals surface area contributed by atoms with Gasteiger partial charge in [-0.1, -0.05) is 298 Å². The molecule has 0 aliphatic rings. The van der Waals surface area contributed by atoms with Gasteiger partial charge >= 0.3 is 39.5 Å². The van der Waals surface area contributed by atoms with E-state index in [4.69, 9.17) is 37.0 Å². The molecule has 0 saturated heterocycles. The van der Waals surface area contributed by atoms with Crippen molar-refractivity contribution in [3.8, 4) is 0 Å². The third kappa shape index (κ3) is 62.6. The second-order valence-electron chi connectivity index (χ2n) is 25.0. The fraction of sp³-hybridized carbons (Fsp3) is 0.941. The van der Waals surface area contributed by atoms with Crippen LogP contribution in [0.3, 0.4) is 0 Å². The summed E-state index contributed by atoms with van der Waals surface area (Å²) < 4.78 is 68.0. The monoisotopic (exact) mass is 1280 g/mol. The molecule has 87 heavy (non-hydrogen) atoms. The van der Waals surface area contributed by atoms with E-state index < -0.39 is 97.5 Å². The summed E-state index contributed by atoms with van der Waals surface area (Å²) in [5.74, 6) is -1.35. The van der Waals surface area contributed by atoms with E-state index in [1.807, 2.05) is 0 Å². The predicted molar refractivity (Wildman–Crippen MR) is 349 cm³/mol. The first-order valence-corrected chi connectivity index (χ1v) is 38.6. The van der Waals surface area contributed by atoms with Crippen LogP contribution in [-0.4, -0.2) is 96.7 Å². The van der Waals surface area contributed by atoms with Gasteiger partial charge < -0.3 is 33.8 Å². The second-order valence-corrected chi connectivity index (χ2v) is 27.9. The molecule has 0 aromatic rings. The Hall–Kier alpha value is -1.94. The maximum Gasteiger partial charge on any atom is 0.472 e. The number of hydrogen-bond donors (Lipinski definition) is 3. The Morgan fingerprint density at radius 2 is 0.529 bits per heavy atom. The van der Waals surface area contributed by atoms with E-state index in [1.54, 1.807) is 0 Å². The zero-order valence-electron chi connectivity index (χ0n) is 56.2. The van der Waals surface area contributed by atoms with Crippen LogP contribution in [0, 0.1) is 5.92 Å². The lowest BCUT2D eigenvalue weighted by molar-refractivity contribution is -0.161. The van der Waals surface area contributed by atoms with Gasteiger partial charge in [-0.3, -0.25) is 37.3 Å². The molecule has 0 bridgehead atoms. The van der Waals surface area contributed by atoms with E-state index in [1.165, 1.54) is 167 Å². The van der Waals surface area contributed by atoms with Gasteiger partial charge in [0.25, 0.3) is 0 Å². The highest BCUT2D eigenvalue weighted by atomic mass is 31.2. The molecular weight excluding hydrogens is 1150 g/mol. The molecule has 19 heteroatoms. The van der Waals surface area contributed by atoms with Gasteiger partial charge in [0.1, 0.15) is 19.3 Å². The maximum atomic E-state index is 13.0. The molecule has 0 aliphatic carbocycles. The SMILES string of the molecule is CCCCCCCCCCCCCCCCCCC(=O)OC[C@H](COP(=O)(O)OC[C@@H](O)COP(=O)(O)OC[C@@H](COC(=O)CCCCCCC)OC(=O)CCCCCCCCCCCC)OC(=O)CCCCCCCCCCCCCCCC(C)C. The topological polar surface area (TPSA) is 237 Å². The van der Waals surface area contributed by atoms with Gasteiger partial charge in [-0.2, -0.15) is 0 Å². The zero-order chi connectivity index (χ0) is 64.2. The molecule has 0 saturated carbocycles. The first-order chi connectivity index (χ1) is 42.0. The Morgan fingerprint density at radius 3 is 0.782 bits per heavy atom. The molecule has 5 atom stereocenters. The van der Waals surface area contributed by atoms with Gasteiger partial charge in [0.15, 0.2) is 12.2 Å². The summed E-state index contributed by atoms with van der Waals surface area (Å²) in [6.45, 7) is 7.15. The number of aliphatic hydroxyl groups is 1. The normalized spacial score (nSPS) is 14.1. The van der Waals surface area contributed by atoms with Gasteiger partial charge in [0.2, 0.25) is 0 Å². The highest BCUT2D eigenvalue weighted by molar-refractivity contribution is 7.47. The fourth-order valence-corrected chi connectivity index (χ4v) is 11.9. The molecule has 0 heterocycles. The van der Waals surface area contributed by atoms with Crippen molar-refractivity contribution in [2.45, 2.75) is 368 Å². The van der Waals surface area contributed by atoms with E-state index in [9.17, 15) is 43.2 Å². The van der Waals surface area contributed by atoms with Crippen LogP contribution in [0.25, 0.3) is 0 Å². The van der Waals surface area contributed by atoms with Crippen molar-refractivity contribution in [3.63, 3.8) is 0 Å². The van der Waals surface area contributed by atoms with Crippen molar-refractivity contribution in [2.75, 3.05) is 39.6 Å². The number of rotatable bonds is 68. The first kappa shape index (κ1) is 85.1. The average molecular weight is 1280 g/mol. The number of phosphoric acid groups is 2. The number of aliphatic hydroxyl groups excluding tert-OH is 1. The summed E-state index contributed by atoms with van der Waals surface area (Å²) in [6.07, 6.45) is 47.5. The Balaban J connectivity index is 5.15. The molecule has 0 aliphatic heterocycles. The lowest BCUT2D eigenvalue weighted by Gasteiger charge is -2.21. The highest BCUT2D eigenvalue weighted by Gasteiger charge is 2.30. The van der Waals surface area contributed by atoms with Crippen LogP contribution in [0.15, 0.2) is 0 Å². The summed E-state index contributed by atoms with van der Waals surface area (Å²) >= 11 is 0. The molecule has 0 aromatic heterocycles. The van der Waals surface area contributed by atoms with Crippen LogP contribution in [-0.2, 0) is 65.4 Å². The summed E-state index contributed by atoms with van der Waals surface area (Å²) in [5.41, 5.74) is 0. The van der Waals surface area contributed by atoms with Crippen LogP contribution in [0.4, 0.5) is 0 Å². The highest BCUT2D eigenvalue weighted by Crippen LogP contribution is 2.45. The quantitative estimate of drug-likeness (QED) is 0.0222. The van der Waals surface area contributed by atoms with Crippen molar-refractivity contribution in [1.82, 2.24) is 0 Å². The lowest BCUT2D eigenvalue weighted by atomic mass is 10.0. The minimum atomic E-state index is -4.95. The number of unbranched alkanes of at least 4 members (excludes halogenated alkanes) is 40. The van der Waals surface area contributed by atoms with Crippen LogP contribution in [0.2, 0.25) is 0 Å². The minimum Gasteiger partial charge on any atom is -0.462 e. The summed E-state index contributed by atoms with van der Waals surface area (Å²) in [7, 11) is -9.88. The molecular formula is C68H132O17P2. The standard InChI is InChI=1S/C68H132O17P2/c1-6-9-12-15-17-19-21-22-23-24-27-30-34-37-42-47-52-66(71)79-58-64(85-68(73)54-49-44-39-35-31-28-25-26-29-32-36-41-45-50-61(4)5)60-83-87(76,77)81-56-62(69)55-80-86(74,75)82-59-63(57-78-65(70)51-46-40-14-11-8-3)84-67(72)53-48-43-38-33-20-18-16-13-10-7-2/h61-64,69H,6-60H2,1-5H3,(H,74,75)(H,76,77)/t62-,63+,64+/m0/s1. The van der Waals surface area contributed by atoms with Crippen molar-refractivity contribution < 1.29 is 80.2 Å². The molecule has 0 rings (SSSR count). The molecule has 0 radical (unpaired) electrons. The molecule has 0 aromatic carbocycles. The molecule has 0 amide bonds. The summed E-state index contributed by atoms with van der Waals surface area (Å²) in [6, 6.07) is 0. The van der Waals surface area contributed by atoms with Gasteiger partial charge in [-0.05, 0) is 31.6 Å². The third-order valence-electron chi connectivity index (χ3n) is 15.8. The number of carbonyl (C=O) groups excluding carboxylic acids is 4. The number of ether oxygens (including phenoxy) is 4. The Bertz CT molecular complexity index is 1690. The number of hydrogen-bond acceptors (Lipinski definition) is 15. The number of esters is 4. The summed E-state index contributed by atoms with van der Waals surface area (Å²) in [5, 5.41) is 10.5. The summed E-state index contributed by atoms with van der Waals surface area (Å²) in [4.78, 5) is 72.1. The second kappa shape index (κ2) is 61.6. The fourth-order valence-electron chi connectivity index (χ4n) is 10.3. The van der Waals surface area contributed by atoms with Gasteiger partial charge in [-0.15, -0.1) is 0 Å². The number of carbonyl (C=O) groups is 4. The smallest absolute Gasteiger partial charge is 0.462 e. The zero-order valence-corrected chi connectivity index (χ0v) is 57.9. The van der Waals surface area contributed by atoms with E-state index >= 15 is 0 Å². The Labute approximate surface area is 530 Å². The number of phosphoric ester groups is 2.